The van der Waals surface area contributed by atoms with Crippen LogP contribution in [-0.4, -0.2) is 257 Å². The zero-order chi connectivity index (χ0) is 104. The number of fused-ring (bicyclic) bond motifs is 3. The minimum Gasteiger partial charge on any atom is -0.493 e. The third kappa shape index (κ3) is 28.9. The van der Waals surface area contributed by atoms with E-state index in [0.29, 0.717) is 93.3 Å². The van der Waals surface area contributed by atoms with Gasteiger partial charge in [0.1, 0.15) is 57.4 Å². The summed E-state index contributed by atoms with van der Waals surface area (Å²) < 4.78 is 39.9. The highest BCUT2D eigenvalue weighted by atomic mass is 32.1. The molecule has 4 aromatic carbocycles. The fraction of sp³-hybridized carbons (Fsp3) is 0.640. The molecule has 0 spiro atoms. The van der Waals surface area contributed by atoms with Crippen molar-refractivity contribution in [1.29, 1.82) is 0 Å². The Bertz CT molecular complexity index is 5180. The lowest BCUT2D eigenvalue weighted by molar-refractivity contribution is -0.150. The van der Waals surface area contributed by atoms with Crippen molar-refractivity contribution >= 4 is 87.4 Å². The summed E-state index contributed by atoms with van der Waals surface area (Å²) in [6, 6.07) is 29.2. The molecule has 4 saturated carbocycles. The summed E-state index contributed by atoms with van der Waals surface area (Å²) >= 11 is 2.88. The zero-order valence-corrected chi connectivity index (χ0v) is 89.6. The Balaban J connectivity index is 0.000000155. The van der Waals surface area contributed by atoms with E-state index in [1.54, 1.807) is 50.5 Å². The fourth-order valence-corrected chi connectivity index (χ4v) is 25.5. The number of alkyl halides is 2. The number of hydrogen-bond donors (Lipinski definition) is 7. The van der Waals surface area contributed by atoms with Crippen molar-refractivity contribution in [3.05, 3.63) is 169 Å². The highest BCUT2D eigenvalue weighted by Crippen LogP contribution is 2.44. The van der Waals surface area contributed by atoms with Gasteiger partial charge in [0.2, 0.25) is 70.7 Å². The molecular weight excluding hydrogens is 1890 g/mol. The summed E-state index contributed by atoms with van der Waals surface area (Å²) in [6.45, 7) is 24.8. The van der Waals surface area contributed by atoms with E-state index in [2.05, 4.69) is 92.2 Å². The van der Waals surface area contributed by atoms with Crippen LogP contribution in [0.25, 0.3) is 0 Å². The molecule has 7 N–H and O–H groups in total. The Morgan fingerprint density at radius 3 is 1.44 bits per heavy atom. The Labute approximate surface area is 871 Å². The number of nitrogens with one attached hydrogen (secondary N) is 7. The first-order valence-corrected chi connectivity index (χ1v) is 56.6. The van der Waals surface area contributed by atoms with Gasteiger partial charge in [-0.05, 0) is 224 Å². The predicted octanol–water partition coefficient (Wildman–Crippen LogP) is 16.0. The lowest BCUT2D eigenvalue weighted by Crippen LogP contribution is -2.66. The van der Waals surface area contributed by atoms with Gasteiger partial charge in [-0.1, -0.05) is 182 Å². The number of para-hydroxylation sites is 1. The number of piperazine rings is 1. The van der Waals surface area contributed by atoms with Gasteiger partial charge in [-0.3, -0.25) is 57.6 Å². The van der Waals surface area contributed by atoms with Crippen LogP contribution in [0, 0.1) is 55.3 Å². The molecule has 10 fully saturated rings. The molecule has 7 aliphatic heterocycles. The number of nitrogens with zero attached hydrogens (tertiary/aromatic N) is 8. The molecule has 28 nitrogen and oxygen atoms in total. The van der Waals surface area contributed by atoms with Gasteiger partial charge >= 0.3 is 0 Å². The van der Waals surface area contributed by atoms with Crippen LogP contribution in [0.15, 0.2) is 114 Å². The number of ketones is 2. The second kappa shape index (κ2) is 53.5. The van der Waals surface area contributed by atoms with E-state index in [0.717, 1.165) is 174 Å². The fourth-order valence-electron chi connectivity index (χ4n) is 23.6. The third-order valence-electron chi connectivity index (χ3n) is 33.1. The van der Waals surface area contributed by atoms with Crippen LogP contribution in [0.3, 0.4) is 0 Å². The third-order valence-corrected chi connectivity index (χ3v) is 35.0. The average Bonchev–Trinajstić information content (AvgIpc) is 1.46. The number of amides is 9. The minimum absolute atomic E-state index is 0.00922. The molecule has 16 atom stereocenters. The van der Waals surface area contributed by atoms with Crippen molar-refractivity contribution in [2.75, 3.05) is 86.2 Å². The summed E-state index contributed by atoms with van der Waals surface area (Å²) in [5, 5.41) is 26.6. The van der Waals surface area contributed by atoms with E-state index in [4.69, 9.17) is 9.47 Å². The Morgan fingerprint density at radius 1 is 0.486 bits per heavy atom. The molecule has 6 saturated heterocycles. The smallest absolute Gasteiger partial charge is 0.248 e. The van der Waals surface area contributed by atoms with Crippen LogP contribution in [0.5, 0.6) is 5.75 Å². The number of piperidine rings is 1. The van der Waals surface area contributed by atoms with Gasteiger partial charge < -0.3 is 71.2 Å². The largest absolute Gasteiger partial charge is 0.493 e. The number of carbonyl (C=O) groups excluding carboxylic acids is 11. The van der Waals surface area contributed by atoms with E-state index in [9.17, 15) is 61.5 Å². The quantitative estimate of drug-likeness (QED) is 0.0188. The van der Waals surface area contributed by atoms with Gasteiger partial charge in [0.15, 0.2) is 0 Å². The van der Waals surface area contributed by atoms with Gasteiger partial charge in [0.05, 0.1) is 42.9 Å². The first-order valence-electron chi connectivity index (χ1n) is 54.9. The molecule has 11 aliphatic rings. The van der Waals surface area contributed by atoms with Gasteiger partial charge in [-0.15, -0.1) is 22.7 Å². The summed E-state index contributed by atoms with van der Waals surface area (Å²) in [5.74, 6) is -2.81. The number of likely N-dealkylation sites (N-methyl/N-ethyl adjacent to an activating group) is 2. The topological polar surface area (TPSA) is 336 Å². The molecule has 9 amide bonds. The molecule has 32 heteroatoms. The maximum atomic E-state index is 14.5. The summed E-state index contributed by atoms with van der Waals surface area (Å²) in [7, 11) is 3.49. The van der Waals surface area contributed by atoms with Crippen molar-refractivity contribution < 1.29 is 71.0 Å². The zero-order valence-electron chi connectivity index (χ0n) is 88.0. The number of hydrogen-bond acceptors (Lipinski definition) is 21. The van der Waals surface area contributed by atoms with Crippen molar-refractivity contribution in [2.24, 2.45) is 41.4 Å². The SMILES string of the molecule is CCO[C@@H]1C[C@@H]2CN(C(=O)[C@@H](NC(=O)[C@H](C)CC)C3CCC(F)(F)CC3)[C@H](C(=O)N[C@@H]3CCOc4ccccc43)CN2C1.CC[C@@H](C)C(=O)N[C@H](C(=O)N1CC[C@H]2CCN(CCc3ccccc3)C[C@H]21)C1CCCCC1.CN[C@@H](C)C(=O)N[C@H](C(=O)N1CCC[C@H]1c1nc(C(=O)c2cccc(C)c2)cs1)C1CCCCC1.CN[C@H](C)C(=O)N[C@@H](C(=O)N1CCC[C@@H]1c1nc(C(=O)c2cccc(C)c2)cs1)C1CCCCC1. The normalized spacial score (nSPS) is 24.1. The average molecular weight is 2050 g/mol. The number of aromatic nitrogens is 2. The maximum Gasteiger partial charge on any atom is 0.248 e. The first kappa shape index (κ1) is 112. The van der Waals surface area contributed by atoms with Crippen LogP contribution in [0.4, 0.5) is 8.78 Å². The summed E-state index contributed by atoms with van der Waals surface area (Å²) in [5.41, 5.74) is 6.44. The number of benzene rings is 4. The number of thiazole rings is 2. The Morgan fingerprint density at radius 2 is 0.952 bits per heavy atom. The molecule has 17 rings (SSSR count). The lowest BCUT2D eigenvalue weighted by atomic mass is 9.81. The van der Waals surface area contributed by atoms with E-state index in [1.165, 1.54) is 66.8 Å². The van der Waals surface area contributed by atoms with Gasteiger partial charge in [0, 0.05) is 130 Å². The molecule has 6 aromatic rings. The molecule has 0 bridgehead atoms. The molecule has 146 heavy (non-hydrogen) atoms. The van der Waals surface area contributed by atoms with E-state index >= 15 is 0 Å². The van der Waals surface area contributed by atoms with E-state index < -0.39 is 36.0 Å². The second-order valence-electron chi connectivity index (χ2n) is 43.0. The number of carbonyl (C=O) groups is 11. The molecular formula is C114H161F2N15O13S2. The first-order chi connectivity index (χ1) is 70.4. The standard InChI is InChI=1S/C32H46F2N4O5.C28H43N3O2.2C27H36N4O3S/c1-4-20(3)29(39)36-28(21-10-13-32(33,34)14-11-21)31(41)38-17-22-16-23(42-5-2)18-37(22)19-26(38)30(40)35-25-12-15-43-27-9-7-6-8-24(25)27;1-3-21(2)27(32)29-26(24-12-8-5-9-13-24)28(33)31-19-16-23-15-18-30(20-25(23)31)17-14-22-10-6-4-7-11-22;2*1-17-9-7-12-20(15-17)24(32)21-16-35-26(29-21)22-13-8-14-31(22)27(34)23(19-10-5-4-6-11-19)30-25(33)18(2)28-3/h6-9,20-23,25-26,28H,4-5,10-19H2,1-3H3,(H,35,40)(H,36,39);4,6-7,10-11,21,23-26H,3,5,8-9,12-20H2,1-2H3,(H,29,32);2*7,9,12,15-16,18-19,22-23,28H,4-6,8,10-11,13-14H2,1-3H3,(H,30,33)/t20-,22-,23-,25-,26+,28+;21-,23-,25-,26+;2*18-,22-,23-/m1110/s1. The lowest BCUT2D eigenvalue weighted by Gasteiger charge is -2.45. The van der Waals surface area contributed by atoms with Crippen molar-refractivity contribution in [1.82, 2.24) is 76.6 Å². The van der Waals surface area contributed by atoms with E-state index in [1.807, 2.05) is 124 Å². The van der Waals surface area contributed by atoms with Crippen LogP contribution >= 0.6 is 22.7 Å². The maximum absolute atomic E-state index is 14.5. The highest BCUT2D eigenvalue weighted by Gasteiger charge is 2.52. The van der Waals surface area contributed by atoms with Gasteiger partial charge in [-0.2, -0.15) is 0 Å². The van der Waals surface area contributed by atoms with Crippen LogP contribution in [0.2, 0.25) is 0 Å². The monoisotopic (exact) mass is 2050 g/mol. The number of rotatable bonds is 33. The van der Waals surface area contributed by atoms with Gasteiger partial charge in [0.25, 0.3) is 0 Å². The number of likely N-dealkylation sites (tertiary alicyclic amines) is 4. The molecule has 796 valence electrons. The van der Waals surface area contributed by atoms with Crippen LogP contribution < -0.4 is 42.0 Å². The number of ether oxygens (including phenoxy) is 2. The molecule has 2 aromatic heterocycles. The number of aryl methyl sites for hydroxylation is 2. The summed E-state index contributed by atoms with van der Waals surface area (Å²) in [6.07, 6.45) is 25.4. The van der Waals surface area contributed by atoms with E-state index in [-0.39, 0.29) is 168 Å². The Hall–Kier alpha value is -9.83. The Kier molecular flexibility index (Phi) is 41.0. The predicted molar refractivity (Wildman–Crippen MR) is 564 cm³/mol. The molecule has 0 radical (unpaired) electrons. The van der Waals surface area contributed by atoms with Gasteiger partial charge in [-0.25, -0.2) is 18.7 Å². The second-order valence-corrected chi connectivity index (χ2v) is 44.8. The van der Waals surface area contributed by atoms with Crippen molar-refractivity contribution in [3.8, 4) is 5.75 Å². The minimum atomic E-state index is -2.77. The highest BCUT2D eigenvalue weighted by molar-refractivity contribution is 7.10. The van der Waals surface area contributed by atoms with Crippen molar-refractivity contribution in [2.45, 2.75) is 339 Å². The molecule has 4 aliphatic carbocycles. The van der Waals surface area contributed by atoms with Crippen molar-refractivity contribution in [3.63, 3.8) is 0 Å². The van der Waals surface area contributed by atoms with Crippen LogP contribution in [-0.2, 0) is 54.3 Å². The molecule has 0 unspecified atom stereocenters. The summed E-state index contributed by atoms with van der Waals surface area (Å²) in [4.78, 5) is 169. The number of halogens is 2. The van der Waals surface area contributed by atoms with Crippen LogP contribution in [0.1, 0.15) is 317 Å². The molecule has 9 heterocycles.